The Bertz CT molecular complexity index is 246. The third-order valence-corrected chi connectivity index (χ3v) is 2.07. The molecule has 0 radical (unpaired) electrons. The van der Waals surface area contributed by atoms with Crippen molar-refractivity contribution in [2.45, 2.75) is 32.7 Å². The van der Waals surface area contributed by atoms with E-state index in [0.29, 0.717) is 11.1 Å². The van der Waals surface area contributed by atoms with Crippen molar-refractivity contribution in [1.82, 2.24) is 4.98 Å². The van der Waals surface area contributed by atoms with Gasteiger partial charge in [-0.15, -0.1) is 0 Å². The molecular formula is C10H15ClN2. The van der Waals surface area contributed by atoms with Crippen LogP contribution in [-0.4, -0.2) is 11.0 Å². The van der Waals surface area contributed by atoms with Crippen LogP contribution < -0.4 is 5.32 Å². The van der Waals surface area contributed by atoms with Crippen molar-refractivity contribution in [1.29, 1.82) is 0 Å². The number of anilines is 1. The van der Waals surface area contributed by atoms with Crippen LogP contribution in [0, 0.1) is 0 Å². The van der Waals surface area contributed by atoms with Crippen LogP contribution in [0.15, 0.2) is 18.3 Å². The van der Waals surface area contributed by atoms with Gasteiger partial charge in [0.25, 0.3) is 0 Å². The number of hydrogen-bond donors (Lipinski definition) is 1. The van der Waals surface area contributed by atoms with Crippen LogP contribution in [0.3, 0.4) is 0 Å². The van der Waals surface area contributed by atoms with E-state index in [4.69, 9.17) is 11.6 Å². The molecule has 0 amide bonds. The molecule has 1 aromatic heterocycles. The smallest absolute Gasteiger partial charge is 0.126 e. The largest absolute Gasteiger partial charge is 0.368 e. The van der Waals surface area contributed by atoms with Crippen molar-refractivity contribution in [2.24, 2.45) is 0 Å². The Labute approximate surface area is 84.3 Å². The van der Waals surface area contributed by atoms with Crippen LogP contribution in [0.1, 0.15) is 26.7 Å². The minimum Gasteiger partial charge on any atom is -0.368 e. The van der Waals surface area contributed by atoms with Crippen molar-refractivity contribution in [3.8, 4) is 0 Å². The van der Waals surface area contributed by atoms with E-state index in [2.05, 4.69) is 24.1 Å². The van der Waals surface area contributed by atoms with Crippen LogP contribution in [0.4, 0.5) is 5.82 Å². The predicted octanol–water partition coefficient (Wildman–Crippen LogP) is 3.34. The van der Waals surface area contributed by atoms with Gasteiger partial charge in [0.2, 0.25) is 0 Å². The summed E-state index contributed by atoms with van der Waals surface area (Å²) in [6.45, 7) is 4.33. The van der Waals surface area contributed by atoms with Gasteiger partial charge in [0.15, 0.2) is 0 Å². The quantitative estimate of drug-likeness (QED) is 0.803. The van der Waals surface area contributed by atoms with Gasteiger partial charge in [0.05, 0.1) is 5.02 Å². The zero-order chi connectivity index (χ0) is 9.68. The fourth-order valence-electron chi connectivity index (χ4n) is 1.22. The number of rotatable bonds is 4. The number of pyridine rings is 1. The molecule has 2 nitrogen and oxygen atoms in total. The monoisotopic (exact) mass is 198 g/mol. The van der Waals surface area contributed by atoms with Gasteiger partial charge in [-0.1, -0.05) is 24.9 Å². The molecule has 0 aliphatic carbocycles. The molecule has 0 saturated heterocycles. The van der Waals surface area contributed by atoms with Crippen LogP contribution in [0.2, 0.25) is 5.02 Å². The van der Waals surface area contributed by atoms with Crippen LogP contribution >= 0.6 is 11.6 Å². The van der Waals surface area contributed by atoms with E-state index in [1.807, 2.05) is 12.1 Å². The highest BCUT2D eigenvalue weighted by Gasteiger charge is 2.00. The van der Waals surface area contributed by atoms with Gasteiger partial charge in [-0.05, 0) is 25.5 Å². The Balaban J connectivity index is 2.49. The molecule has 0 saturated carbocycles. The fraction of sp³-hybridized carbons (Fsp3) is 0.500. The molecular weight excluding hydrogens is 184 g/mol. The Morgan fingerprint density at radius 3 is 2.85 bits per heavy atom. The van der Waals surface area contributed by atoms with E-state index in [0.717, 1.165) is 12.2 Å². The van der Waals surface area contributed by atoms with E-state index in [1.54, 1.807) is 6.20 Å². The zero-order valence-electron chi connectivity index (χ0n) is 8.05. The molecule has 0 aromatic carbocycles. The predicted molar refractivity (Wildman–Crippen MR) is 57.2 cm³/mol. The van der Waals surface area contributed by atoms with E-state index in [1.165, 1.54) is 6.42 Å². The molecule has 72 valence electrons. The van der Waals surface area contributed by atoms with Gasteiger partial charge in [-0.2, -0.15) is 0 Å². The molecule has 0 aliphatic rings. The summed E-state index contributed by atoms with van der Waals surface area (Å²) in [6, 6.07) is 4.21. The number of hydrogen-bond acceptors (Lipinski definition) is 2. The molecule has 1 aromatic rings. The van der Waals surface area contributed by atoms with Gasteiger partial charge in [-0.3, -0.25) is 0 Å². The van der Waals surface area contributed by atoms with E-state index >= 15 is 0 Å². The summed E-state index contributed by atoms with van der Waals surface area (Å²) in [6.07, 6.45) is 3.99. The Morgan fingerprint density at radius 1 is 1.54 bits per heavy atom. The van der Waals surface area contributed by atoms with Crippen LogP contribution in [0.25, 0.3) is 0 Å². The lowest BCUT2D eigenvalue weighted by atomic mass is 10.2. The van der Waals surface area contributed by atoms with Crippen LogP contribution in [-0.2, 0) is 0 Å². The number of halogens is 1. The highest BCUT2D eigenvalue weighted by atomic mass is 35.5. The Hall–Kier alpha value is -0.760. The minimum absolute atomic E-state index is 0.471. The van der Waals surface area contributed by atoms with Crippen molar-refractivity contribution < 1.29 is 0 Å². The third-order valence-electron chi connectivity index (χ3n) is 1.84. The summed E-state index contributed by atoms with van der Waals surface area (Å²) in [5, 5.41) is 3.97. The summed E-state index contributed by atoms with van der Waals surface area (Å²) in [5.41, 5.74) is 0. The van der Waals surface area contributed by atoms with E-state index in [9.17, 15) is 0 Å². The average molecular weight is 199 g/mol. The van der Waals surface area contributed by atoms with Crippen molar-refractivity contribution in [3.63, 3.8) is 0 Å². The fourth-order valence-corrected chi connectivity index (χ4v) is 1.33. The molecule has 1 unspecified atom stereocenters. The SMILES string of the molecule is CCCC(C)Nc1ccc(Cl)cn1. The molecule has 0 fully saturated rings. The van der Waals surface area contributed by atoms with Gasteiger partial charge < -0.3 is 5.32 Å². The van der Waals surface area contributed by atoms with Crippen molar-refractivity contribution in [3.05, 3.63) is 23.4 Å². The lowest BCUT2D eigenvalue weighted by Crippen LogP contribution is -2.15. The van der Waals surface area contributed by atoms with Crippen LogP contribution in [0.5, 0.6) is 0 Å². The number of nitrogens with zero attached hydrogens (tertiary/aromatic N) is 1. The second-order valence-electron chi connectivity index (χ2n) is 3.20. The average Bonchev–Trinajstić information content (AvgIpc) is 2.09. The molecule has 0 spiro atoms. The standard InChI is InChI=1S/C10H15ClN2/c1-3-4-8(2)13-10-6-5-9(11)7-12-10/h5-8H,3-4H2,1-2H3,(H,12,13). The summed E-state index contributed by atoms with van der Waals surface area (Å²) < 4.78 is 0. The van der Waals surface area contributed by atoms with Crippen molar-refractivity contribution in [2.75, 3.05) is 5.32 Å². The minimum atomic E-state index is 0.471. The number of aromatic nitrogens is 1. The summed E-state index contributed by atoms with van der Waals surface area (Å²) in [4.78, 5) is 4.16. The first kappa shape index (κ1) is 10.3. The Kier molecular flexibility index (Phi) is 4.03. The lowest BCUT2D eigenvalue weighted by molar-refractivity contribution is 0.687. The van der Waals surface area contributed by atoms with Gasteiger partial charge in [0, 0.05) is 12.2 Å². The maximum atomic E-state index is 5.72. The normalized spacial score (nSPS) is 12.5. The lowest BCUT2D eigenvalue weighted by Gasteiger charge is -2.12. The maximum Gasteiger partial charge on any atom is 0.126 e. The molecule has 13 heavy (non-hydrogen) atoms. The highest BCUT2D eigenvalue weighted by Crippen LogP contribution is 2.11. The second kappa shape index (κ2) is 5.07. The molecule has 1 atom stereocenters. The topological polar surface area (TPSA) is 24.9 Å². The molecule has 0 aliphatic heterocycles. The summed E-state index contributed by atoms with van der Waals surface area (Å²) >= 11 is 5.72. The summed E-state index contributed by atoms with van der Waals surface area (Å²) in [7, 11) is 0. The molecule has 3 heteroatoms. The van der Waals surface area contributed by atoms with Gasteiger partial charge in [-0.25, -0.2) is 4.98 Å². The highest BCUT2D eigenvalue weighted by molar-refractivity contribution is 6.30. The van der Waals surface area contributed by atoms with Gasteiger partial charge in [0.1, 0.15) is 5.82 Å². The third kappa shape index (κ3) is 3.64. The molecule has 1 N–H and O–H groups in total. The molecule has 0 bridgehead atoms. The van der Waals surface area contributed by atoms with E-state index < -0.39 is 0 Å². The first-order valence-electron chi connectivity index (χ1n) is 4.60. The first-order valence-corrected chi connectivity index (χ1v) is 4.98. The summed E-state index contributed by atoms with van der Waals surface area (Å²) in [5.74, 6) is 0.894. The second-order valence-corrected chi connectivity index (χ2v) is 3.63. The maximum absolute atomic E-state index is 5.72. The molecule has 1 heterocycles. The van der Waals surface area contributed by atoms with E-state index in [-0.39, 0.29) is 0 Å². The first-order chi connectivity index (χ1) is 6.22. The zero-order valence-corrected chi connectivity index (χ0v) is 8.80. The Morgan fingerprint density at radius 2 is 2.31 bits per heavy atom. The number of nitrogens with one attached hydrogen (secondary N) is 1. The molecule has 1 rings (SSSR count). The van der Waals surface area contributed by atoms with Crippen molar-refractivity contribution >= 4 is 17.4 Å². The van der Waals surface area contributed by atoms with Gasteiger partial charge >= 0.3 is 0 Å².